The van der Waals surface area contributed by atoms with Crippen LogP contribution in [0.15, 0.2) is 12.1 Å². The molecule has 0 spiro atoms. The third kappa shape index (κ3) is 4.05. The molecule has 1 heterocycles. The van der Waals surface area contributed by atoms with E-state index in [9.17, 15) is 0 Å². The lowest BCUT2D eigenvalue weighted by Crippen LogP contribution is -2.36. The fourth-order valence-electron chi connectivity index (χ4n) is 2.98. The van der Waals surface area contributed by atoms with Crippen molar-refractivity contribution in [1.29, 1.82) is 0 Å². The van der Waals surface area contributed by atoms with Gasteiger partial charge >= 0.3 is 0 Å². The highest BCUT2D eigenvalue weighted by Crippen LogP contribution is 2.16. The summed E-state index contributed by atoms with van der Waals surface area (Å²) in [4.78, 5) is 2.47. The van der Waals surface area contributed by atoms with Crippen molar-refractivity contribution in [3.8, 4) is 0 Å². The number of aryl methyl sites for hydroxylation is 3. The number of likely N-dealkylation sites (N-methyl/N-ethyl adjacent to an activating group) is 1. The van der Waals surface area contributed by atoms with E-state index in [4.69, 9.17) is 0 Å². The number of rotatable bonds is 5. The van der Waals surface area contributed by atoms with Crippen LogP contribution in [0.5, 0.6) is 0 Å². The Labute approximate surface area is 118 Å². The summed E-state index contributed by atoms with van der Waals surface area (Å²) >= 11 is 0. The molecule has 0 bridgehead atoms. The van der Waals surface area contributed by atoms with Crippen molar-refractivity contribution in [2.24, 2.45) is 0 Å². The number of nitrogens with zero attached hydrogens (tertiary/aromatic N) is 1. The van der Waals surface area contributed by atoms with Crippen LogP contribution < -0.4 is 5.32 Å². The largest absolute Gasteiger partial charge is 0.313 e. The van der Waals surface area contributed by atoms with E-state index in [1.165, 1.54) is 48.2 Å². The van der Waals surface area contributed by atoms with Gasteiger partial charge < -0.3 is 10.2 Å². The van der Waals surface area contributed by atoms with Crippen molar-refractivity contribution < 1.29 is 0 Å². The quantitative estimate of drug-likeness (QED) is 0.876. The van der Waals surface area contributed by atoms with Crippen LogP contribution in [-0.2, 0) is 6.42 Å². The molecule has 0 aromatic heterocycles. The summed E-state index contributed by atoms with van der Waals surface area (Å²) < 4.78 is 0. The molecule has 106 valence electrons. The Hall–Kier alpha value is -0.860. The topological polar surface area (TPSA) is 15.3 Å². The van der Waals surface area contributed by atoms with Gasteiger partial charge in [0.25, 0.3) is 0 Å². The second kappa shape index (κ2) is 6.53. The average Bonchev–Trinajstić information content (AvgIpc) is 2.85. The van der Waals surface area contributed by atoms with Gasteiger partial charge in [-0.05, 0) is 75.9 Å². The molecule has 1 aromatic carbocycles. The van der Waals surface area contributed by atoms with E-state index in [2.05, 4.69) is 50.2 Å². The number of hydrogen-bond donors (Lipinski definition) is 1. The SMILES string of the molecule is Cc1cc(C)c(CCN(C)CC2CCCN2)cc1C. The Morgan fingerprint density at radius 3 is 2.58 bits per heavy atom. The van der Waals surface area contributed by atoms with Crippen LogP contribution in [0.3, 0.4) is 0 Å². The van der Waals surface area contributed by atoms with Crippen LogP contribution in [0.25, 0.3) is 0 Å². The molecule has 1 aliphatic rings. The van der Waals surface area contributed by atoms with Crippen molar-refractivity contribution >= 4 is 0 Å². The van der Waals surface area contributed by atoms with Crippen molar-refractivity contribution in [2.75, 3.05) is 26.7 Å². The molecule has 2 rings (SSSR count). The first kappa shape index (κ1) is 14.5. The van der Waals surface area contributed by atoms with Crippen molar-refractivity contribution in [2.45, 2.75) is 46.1 Å². The highest BCUT2D eigenvalue weighted by molar-refractivity contribution is 5.36. The predicted octanol–water partition coefficient (Wildman–Crippen LogP) is 2.84. The fraction of sp³-hybridized carbons (Fsp3) is 0.647. The standard InChI is InChI=1S/C17H28N2/c1-13-10-15(3)16(11-14(13)2)7-9-19(4)12-17-6-5-8-18-17/h10-11,17-18H,5-9,12H2,1-4H3. The van der Waals surface area contributed by atoms with Crippen LogP contribution in [-0.4, -0.2) is 37.6 Å². The summed E-state index contributed by atoms with van der Waals surface area (Å²) in [6.45, 7) is 10.2. The minimum Gasteiger partial charge on any atom is -0.313 e. The Balaban J connectivity index is 1.85. The number of nitrogens with one attached hydrogen (secondary N) is 1. The van der Waals surface area contributed by atoms with Gasteiger partial charge in [-0.15, -0.1) is 0 Å². The maximum absolute atomic E-state index is 3.57. The lowest BCUT2D eigenvalue weighted by Gasteiger charge is -2.21. The zero-order valence-corrected chi connectivity index (χ0v) is 12.9. The molecule has 0 aliphatic carbocycles. The molecule has 0 saturated carbocycles. The van der Waals surface area contributed by atoms with Gasteiger partial charge in [-0.25, -0.2) is 0 Å². The Bertz CT molecular complexity index is 420. The minimum atomic E-state index is 0.714. The smallest absolute Gasteiger partial charge is 0.0195 e. The summed E-state index contributed by atoms with van der Waals surface area (Å²) in [5.41, 5.74) is 5.77. The zero-order chi connectivity index (χ0) is 13.8. The van der Waals surface area contributed by atoms with E-state index in [1.807, 2.05) is 0 Å². The molecule has 2 heteroatoms. The number of benzene rings is 1. The van der Waals surface area contributed by atoms with E-state index in [1.54, 1.807) is 0 Å². The molecule has 1 fully saturated rings. The highest BCUT2D eigenvalue weighted by Gasteiger charge is 2.15. The summed E-state index contributed by atoms with van der Waals surface area (Å²) in [6.07, 6.45) is 3.85. The van der Waals surface area contributed by atoms with Gasteiger partial charge in [-0.1, -0.05) is 12.1 Å². The van der Waals surface area contributed by atoms with Gasteiger partial charge in [-0.2, -0.15) is 0 Å². The first-order chi connectivity index (χ1) is 9.06. The molecule has 1 atom stereocenters. The minimum absolute atomic E-state index is 0.714. The molecule has 1 N–H and O–H groups in total. The van der Waals surface area contributed by atoms with Gasteiger partial charge in [0.05, 0.1) is 0 Å². The van der Waals surface area contributed by atoms with Crippen LogP contribution in [0.2, 0.25) is 0 Å². The molecule has 19 heavy (non-hydrogen) atoms. The number of hydrogen-bond acceptors (Lipinski definition) is 2. The second-order valence-electron chi connectivity index (χ2n) is 6.17. The zero-order valence-electron chi connectivity index (χ0n) is 12.9. The van der Waals surface area contributed by atoms with Gasteiger partial charge in [0.2, 0.25) is 0 Å². The van der Waals surface area contributed by atoms with E-state index >= 15 is 0 Å². The monoisotopic (exact) mass is 260 g/mol. The summed E-state index contributed by atoms with van der Waals surface area (Å²) in [5.74, 6) is 0. The van der Waals surface area contributed by atoms with Crippen LogP contribution in [0, 0.1) is 20.8 Å². The molecule has 0 radical (unpaired) electrons. The van der Waals surface area contributed by atoms with Crippen LogP contribution in [0.1, 0.15) is 35.1 Å². The van der Waals surface area contributed by atoms with Crippen LogP contribution >= 0.6 is 0 Å². The lowest BCUT2D eigenvalue weighted by atomic mass is 9.98. The van der Waals surface area contributed by atoms with E-state index in [0.717, 1.165) is 13.0 Å². The Kier molecular flexibility index (Phi) is 5.00. The molecule has 0 amide bonds. The van der Waals surface area contributed by atoms with E-state index in [0.29, 0.717) is 6.04 Å². The predicted molar refractivity (Wildman–Crippen MR) is 82.9 cm³/mol. The average molecular weight is 260 g/mol. The van der Waals surface area contributed by atoms with Crippen molar-refractivity contribution in [1.82, 2.24) is 10.2 Å². The molecule has 1 aromatic rings. The van der Waals surface area contributed by atoms with Gasteiger partial charge in [0, 0.05) is 19.1 Å². The third-order valence-electron chi connectivity index (χ3n) is 4.41. The normalized spacial score (nSPS) is 19.3. The van der Waals surface area contributed by atoms with E-state index in [-0.39, 0.29) is 0 Å². The fourth-order valence-corrected chi connectivity index (χ4v) is 2.98. The van der Waals surface area contributed by atoms with E-state index < -0.39 is 0 Å². The second-order valence-corrected chi connectivity index (χ2v) is 6.17. The molecular weight excluding hydrogens is 232 g/mol. The molecular formula is C17H28N2. The summed E-state index contributed by atoms with van der Waals surface area (Å²) in [5, 5.41) is 3.57. The van der Waals surface area contributed by atoms with Gasteiger partial charge in [-0.3, -0.25) is 0 Å². The maximum atomic E-state index is 3.57. The van der Waals surface area contributed by atoms with Gasteiger partial charge in [0.1, 0.15) is 0 Å². The first-order valence-corrected chi connectivity index (χ1v) is 7.55. The third-order valence-corrected chi connectivity index (χ3v) is 4.41. The maximum Gasteiger partial charge on any atom is 0.0195 e. The molecule has 2 nitrogen and oxygen atoms in total. The summed E-state index contributed by atoms with van der Waals surface area (Å²) in [7, 11) is 2.25. The van der Waals surface area contributed by atoms with Crippen LogP contribution in [0.4, 0.5) is 0 Å². The van der Waals surface area contributed by atoms with Gasteiger partial charge in [0.15, 0.2) is 0 Å². The van der Waals surface area contributed by atoms with Crippen molar-refractivity contribution in [3.05, 3.63) is 34.4 Å². The summed E-state index contributed by atoms with van der Waals surface area (Å²) in [6, 6.07) is 5.40. The molecule has 1 saturated heterocycles. The lowest BCUT2D eigenvalue weighted by molar-refractivity contribution is 0.303. The first-order valence-electron chi connectivity index (χ1n) is 7.55. The van der Waals surface area contributed by atoms with Crippen molar-refractivity contribution in [3.63, 3.8) is 0 Å². The Morgan fingerprint density at radius 1 is 1.16 bits per heavy atom. The highest BCUT2D eigenvalue weighted by atomic mass is 15.1. The Morgan fingerprint density at radius 2 is 1.89 bits per heavy atom. The molecule has 1 unspecified atom stereocenters. The molecule has 1 aliphatic heterocycles.